The zero-order valence-corrected chi connectivity index (χ0v) is 13.9. The molecule has 1 fully saturated rings. The SMILES string of the molecule is CC.Cc1nc2c(-c3ccc(F)cc3)cc(C3CC3)nc2s1. The van der Waals surface area contributed by atoms with Gasteiger partial charge in [0.15, 0.2) is 0 Å². The van der Waals surface area contributed by atoms with Gasteiger partial charge in [0.2, 0.25) is 0 Å². The van der Waals surface area contributed by atoms with E-state index in [9.17, 15) is 4.39 Å². The van der Waals surface area contributed by atoms with Crippen LogP contribution >= 0.6 is 11.3 Å². The number of aromatic nitrogens is 2. The molecule has 4 heteroatoms. The van der Waals surface area contributed by atoms with Gasteiger partial charge in [0.1, 0.15) is 16.2 Å². The van der Waals surface area contributed by atoms with Crippen molar-refractivity contribution >= 4 is 21.7 Å². The third-order valence-electron chi connectivity index (χ3n) is 3.65. The van der Waals surface area contributed by atoms with Crippen LogP contribution in [-0.4, -0.2) is 9.97 Å². The molecule has 0 saturated heterocycles. The standard InChI is InChI=1S/C16H13FN2S.C2H6/c1-9-18-15-13(10-4-6-12(17)7-5-10)8-14(11-2-3-11)19-16(15)20-9;1-2/h4-8,11H,2-3H2,1H3;1-2H3. The lowest BCUT2D eigenvalue weighted by atomic mass is 10.0. The zero-order chi connectivity index (χ0) is 15.7. The van der Waals surface area contributed by atoms with E-state index < -0.39 is 0 Å². The number of rotatable bonds is 2. The molecule has 0 atom stereocenters. The Hall–Kier alpha value is -1.81. The van der Waals surface area contributed by atoms with Crippen molar-refractivity contribution in [2.24, 2.45) is 0 Å². The first-order valence-electron chi connectivity index (χ1n) is 7.75. The smallest absolute Gasteiger partial charge is 0.144 e. The number of pyridine rings is 1. The second-order valence-corrected chi connectivity index (χ2v) is 6.44. The molecule has 22 heavy (non-hydrogen) atoms. The molecule has 4 rings (SSSR count). The molecule has 3 aromatic rings. The van der Waals surface area contributed by atoms with Crippen LogP contribution in [0.15, 0.2) is 30.3 Å². The van der Waals surface area contributed by atoms with Gasteiger partial charge in [0.25, 0.3) is 0 Å². The second kappa shape index (κ2) is 6.13. The van der Waals surface area contributed by atoms with E-state index in [1.54, 1.807) is 11.3 Å². The van der Waals surface area contributed by atoms with E-state index >= 15 is 0 Å². The molecule has 0 aliphatic heterocycles. The van der Waals surface area contributed by atoms with Gasteiger partial charge in [0, 0.05) is 17.2 Å². The summed E-state index contributed by atoms with van der Waals surface area (Å²) in [6.07, 6.45) is 2.44. The first-order valence-corrected chi connectivity index (χ1v) is 8.56. The van der Waals surface area contributed by atoms with E-state index in [1.165, 1.54) is 25.0 Å². The first-order chi connectivity index (χ1) is 10.7. The topological polar surface area (TPSA) is 25.8 Å². The van der Waals surface area contributed by atoms with E-state index in [1.807, 2.05) is 32.9 Å². The van der Waals surface area contributed by atoms with Gasteiger partial charge in [-0.2, -0.15) is 0 Å². The third kappa shape index (κ3) is 2.88. The van der Waals surface area contributed by atoms with Gasteiger partial charge in [0.05, 0.1) is 5.01 Å². The van der Waals surface area contributed by atoms with Gasteiger partial charge in [-0.25, -0.2) is 14.4 Å². The molecule has 1 saturated carbocycles. The molecule has 0 amide bonds. The Morgan fingerprint density at radius 3 is 2.41 bits per heavy atom. The van der Waals surface area contributed by atoms with Crippen molar-refractivity contribution in [3.63, 3.8) is 0 Å². The van der Waals surface area contributed by atoms with Crippen molar-refractivity contribution in [3.8, 4) is 11.1 Å². The fourth-order valence-corrected chi connectivity index (χ4v) is 3.29. The highest BCUT2D eigenvalue weighted by Gasteiger charge is 2.26. The molecule has 114 valence electrons. The Kier molecular flexibility index (Phi) is 4.21. The molecule has 1 aliphatic rings. The van der Waals surface area contributed by atoms with Gasteiger partial charge < -0.3 is 0 Å². The average molecular weight is 314 g/mol. The van der Waals surface area contributed by atoms with Crippen LogP contribution in [0, 0.1) is 12.7 Å². The van der Waals surface area contributed by atoms with Crippen molar-refractivity contribution in [1.82, 2.24) is 9.97 Å². The van der Waals surface area contributed by atoms with Crippen molar-refractivity contribution < 1.29 is 4.39 Å². The van der Waals surface area contributed by atoms with E-state index in [-0.39, 0.29) is 5.82 Å². The van der Waals surface area contributed by atoms with E-state index in [0.29, 0.717) is 5.92 Å². The van der Waals surface area contributed by atoms with Crippen LogP contribution in [0.25, 0.3) is 21.5 Å². The Bertz CT molecular complexity index is 789. The van der Waals surface area contributed by atoms with Crippen molar-refractivity contribution in [2.75, 3.05) is 0 Å². The number of aryl methyl sites for hydroxylation is 1. The number of thiazole rings is 1. The maximum Gasteiger partial charge on any atom is 0.144 e. The molecule has 0 bridgehead atoms. The summed E-state index contributed by atoms with van der Waals surface area (Å²) < 4.78 is 13.1. The predicted molar refractivity (Wildman–Crippen MR) is 90.9 cm³/mol. The van der Waals surface area contributed by atoms with E-state index in [4.69, 9.17) is 4.98 Å². The minimum Gasteiger partial charge on any atom is -0.240 e. The molecule has 0 N–H and O–H groups in total. The Morgan fingerprint density at radius 1 is 1.09 bits per heavy atom. The maximum atomic E-state index is 13.1. The maximum absolute atomic E-state index is 13.1. The largest absolute Gasteiger partial charge is 0.240 e. The number of nitrogens with zero attached hydrogens (tertiary/aromatic N) is 2. The summed E-state index contributed by atoms with van der Waals surface area (Å²) in [5.74, 6) is 0.386. The molecular weight excluding hydrogens is 295 g/mol. The van der Waals surface area contributed by atoms with Gasteiger partial charge in [-0.05, 0) is 43.5 Å². The monoisotopic (exact) mass is 314 g/mol. The fourth-order valence-electron chi connectivity index (χ4n) is 2.47. The van der Waals surface area contributed by atoms with Gasteiger partial charge in [-0.15, -0.1) is 0 Å². The highest BCUT2D eigenvalue weighted by Crippen LogP contribution is 2.42. The summed E-state index contributed by atoms with van der Waals surface area (Å²) in [6.45, 7) is 6.00. The van der Waals surface area contributed by atoms with E-state index in [0.717, 1.165) is 32.2 Å². The van der Waals surface area contributed by atoms with E-state index in [2.05, 4.69) is 11.1 Å². The van der Waals surface area contributed by atoms with Crippen molar-refractivity contribution in [2.45, 2.75) is 39.5 Å². The van der Waals surface area contributed by atoms with Gasteiger partial charge in [-0.3, -0.25) is 0 Å². The molecule has 1 aliphatic carbocycles. The number of hydrogen-bond acceptors (Lipinski definition) is 3. The van der Waals surface area contributed by atoms with Crippen LogP contribution in [0.4, 0.5) is 4.39 Å². The summed E-state index contributed by atoms with van der Waals surface area (Å²) in [5.41, 5.74) is 4.16. The van der Waals surface area contributed by atoms with Crippen LogP contribution in [-0.2, 0) is 0 Å². The molecule has 0 unspecified atom stereocenters. The number of halogens is 1. The van der Waals surface area contributed by atoms with Crippen molar-refractivity contribution in [1.29, 1.82) is 0 Å². The zero-order valence-electron chi connectivity index (χ0n) is 13.1. The van der Waals surface area contributed by atoms with Crippen molar-refractivity contribution in [3.05, 3.63) is 46.9 Å². The quantitative estimate of drug-likeness (QED) is 0.605. The minimum atomic E-state index is -0.212. The van der Waals surface area contributed by atoms with Crippen LogP contribution < -0.4 is 0 Å². The molecule has 2 heterocycles. The number of hydrogen-bond donors (Lipinski definition) is 0. The summed E-state index contributed by atoms with van der Waals surface area (Å²) >= 11 is 1.63. The molecule has 0 spiro atoms. The first kappa shape index (κ1) is 15.1. The average Bonchev–Trinajstić information content (AvgIpc) is 3.31. The summed E-state index contributed by atoms with van der Waals surface area (Å²) in [4.78, 5) is 10.3. The van der Waals surface area contributed by atoms with Crippen LogP contribution in [0.1, 0.15) is 43.3 Å². The van der Waals surface area contributed by atoms with Gasteiger partial charge >= 0.3 is 0 Å². The highest BCUT2D eigenvalue weighted by atomic mass is 32.1. The Balaban J connectivity index is 0.000000693. The lowest BCUT2D eigenvalue weighted by molar-refractivity contribution is 0.628. The fraction of sp³-hybridized carbons (Fsp3) is 0.333. The summed E-state index contributed by atoms with van der Waals surface area (Å²) in [7, 11) is 0. The lowest BCUT2D eigenvalue weighted by Gasteiger charge is -2.06. The van der Waals surface area contributed by atoms with Crippen LogP contribution in [0.3, 0.4) is 0 Å². The summed E-state index contributed by atoms with van der Waals surface area (Å²) in [5, 5.41) is 1.02. The number of fused-ring (bicyclic) bond motifs is 1. The third-order valence-corrected chi connectivity index (χ3v) is 4.51. The predicted octanol–water partition coefficient (Wildman–Crippen LogP) is 5.71. The molecule has 1 aromatic carbocycles. The van der Waals surface area contributed by atoms with Crippen LogP contribution in [0.2, 0.25) is 0 Å². The number of benzene rings is 1. The Labute approximate surface area is 134 Å². The Morgan fingerprint density at radius 2 is 1.77 bits per heavy atom. The minimum absolute atomic E-state index is 0.212. The lowest BCUT2D eigenvalue weighted by Crippen LogP contribution is -1.90. The molecule has 2 aromatic heterocycles. The van der Waals surface area contributed by atoms with Crippen LogP contribution in [0.5, 0.6) is 0 Å². The molecular formula is C18H19FN2S. The van der Waals surface area contributed by atoms with Gasteiger partial charge in [-0.1, -0.05) is 37.3 Å². The normalized spacial score (nSPS) is 13.8. The summed E-state index contributed by atoms with van der Waals surface area (Å²) in [6, 6.07) is 8.76. The second-order valence-electron chi connectivity index (χ2n) is 5.26. The highest BCUT2D eigenvalue weighted by molar-refractivity contribution is 7.18. The molecule has 2 nitrogen and oxygen atoms in total. The molecule has 0 radical (unpaired) electrons.